The van der Waals surface area contributed by atoms with Crippen molar-refractivity contribution in [2.24, 2.45) is 5.41 Å². The molecule has 1 aromatic rings. The minimum absolute atomic E-state index is 0.119. The number of rotatable bonds is 3. The highest BCUT2D eigenvalue weighted by molar-refractivity contribution is 5.91. The van der Waals surface area contributed by atoms with Crippen LogP contribution >= 0.6 is 0 Å². The molecule has 1 fully saturated rings. The standard InChI is InChI=1S/C15H23N3O3/c1-9-10(2)18-14(21)12(17-9)13(20)16-8-15(3)7-5-4-6-11(15)19/h11,19H,4-8H2,1-3H3,(H,16,20)(H,18,21). The van der Waals surface area contributed by atoms with Crippen molar-refractivity contribution in [2.75, 3.05) is 6.54 Å². The molecule has 1 saturated carbocycles. The molecule has 0 radical (unpaired) electrons. The van der Waals surface area contributed by atoms with E-state index < -0.39 is 17.6 Å². The number of nitrogens with zero attached hydrogens (tertiary/aromatic N) is 1. The Labute approximate surface area is 124 Å². The van der Waals surface area contributed by atoms with Gasteiger partial charge in [0.2, 0.25) is 0 Å². The molecule has 1 aromatic heterocycles. The third kappa shape index (κ3) is 3.32. The summed E-state index contributed by atoms with van der Waals surface area (Å²) in [5, 5.41) is 12.9. The molecule has 0 spiro atoms. The average Bonchev–Trinajstić information content (AvgIpc) is 2.44. The van der Waals surface area contributed by atoms with Crippen molar-refractivity contribution < 1.29 is 9.90 Å². The number of aromatic amines is 1. The lowest BCUT2D eigenvalue weighted by Gasteiger charge is -2.38. The number of aliphatic hydroxyl groups is 1. The van der Waals surface area contributed by atoms with Gasteiger partial charge < -0.3 is 15.4 Å². The molecule has 0 bridgehead atoms. The van der Waals surface area contributed by atoms with E-state index in [1.54, 1.807) is 13.8 Å². The van der Waals surface area contributed by atoms with Gasteiger partial charge in [-0.2, -0.15) is 0 Å². The van der Waals surface area contributed by atoms with Gasteiger partial charge in [0.1, 0.15) is 0 Å². The van der Waals surface area contributed by atoms with Crippen molar-refractivity contribution in [1.29, 1.82) is 0 Å². The minimum Gasteiger partial charge on any atom is -0.392 e. The van der Waals surface area contributed by atoms with E-state index in [-0.39, 0.29) is 11.1 Å². The van der Waals surface area contributed by atoms with Crippen LogP contribution < -0.4 is 10.9 Å². The summed E-state index contributed by atoms with van der Waals surface area (Å²) in [7, 11) is 0. The first-order valence-electron chi connectivity index (χ1n) is 7.37. The van der Waals surface area contributed by atoms with Crippen LogP contribution in [0.2, 0.25) is 0 Å². The Kier molecular flexibility index (Phi) is 4.46. The molecule has 6 heteroatoms. The summed E-state index contributed by atoms with van der Waals surface area (Å²) in [6.45, 7) is 5.80. The highest BCUT2D eigenvalue weighted by Crippen LogP contribution is 2.35. The molecule has 1 heterocycles. The van der Waals surface area contributed by atoms with E-state index >= 15 is 0 Å². The van der Waals surface area contributed by atoms with Crippen molar-refractivity contribution in [3.8, 4) is 0 Å². The number of amides is 1. The third-order valence-electron chi connectivity index (χ3n) is 4.49. The first kappa shape index (κ1) is 15.7. The number of hydrogen-bond donors (Lipinski definition) is 3. The summed E-state index contributed by atoms with van der Waals surface area (Å²) >= 11 is 0. The Hall–Kier alpha value is -1.69. The lowest BCUT2D eigenvalue weighted by Crippen LogP contribution is -2.46. The van der Waals surface area contributed by atoms with Crippen LogP contribution in [0.15, 0.2) is 4.79 Å². The fraction of sp³-hybridized carbons (Fsp3) is 0.667. The number of aliphatic hydroxyl groups excluding tert-OH is 1. The average molecular weight is 293 g/mol. The lowest BCUT2D eigenvalue weighted by atomic mass is 9.73. The van der Waals surface area contributed by atoms with E-state index in [1.165, 1.54) is 0 Å². The molecule has 1 aliphatic rings. The zero-order valence-electron chi connectivity index (χ0n) is 12.8. The van der Waals surface area contributed by atoms with Crippen LogP contribution in [-0.4, -0.2) is 33.6 Å². The highest BCUT2D eigenvalue weighted by Gasteiger charge is 2.35. The zero-order chi connectivity index (χ0) is 15.6. The Morgan fingerprint density at radius 2 is 2.19 bits per heavy atom. The van der Waals surface area contributed by atoms with Gasteiger partial charge >= 0.3 is 0 Å². The van der Waals surface area contributed by atoms with Crippen molar-refractivity contribution in [3.63, 3.8) is 0 Å². The topological polar surface area (TPSA) is 95.1 Å². The molecule has 0 aromatic carbocycles. The van der Waals surface area contributed by atoms with E-state index in [1.807, 2.05) is 6.92 Å². The number of carbonyl (C=O) groups is 1. The van der Waals surface area contributed by atoms with E-state index in [4.69, 9.17) is 0 Å². The van der Waals surface area contributed by atoms with Gasteiger partial charge in [0, 0.05) is 17.7 Å². The maximum Gasteiger partial charge on any atom is 0.279 e. The number of aryl methyl sites for hydroxylation is 2. The van der Waals surface area contributed by atoms with Crippen LogP contribution in [0.4, 0.5) is 0 Å². The lowest BCUT2D eigenvalue weighted by molar-refractivity contribution is 0.00186. The minimum atomic E-state index is -0.488. The van der Waals surface area contributed by atoms with Crippen LogP contribution in [-0.2, 0) is 0 Å². The smallest absolute Gasteiger partial charge is 0.279 e. The number of aromatic nitrogens is 2. The van der Waals surface area contributed by atoms with E-state index in [0.717, 1.165) is 25.7 Å². The Morgan fingerprint density at radius 3 is 2.86 bits per heavy atom. The molecule has 0 aliphatic heterocycles. The Balaban J connectivity index is 2.08. The summed E-state index contributed by atoms with van der Waals surface area (Å²) < 4.78 is 0. The van der Waals surface area contributed by atoms with Crippen LogP contribution in [0.25, 0.3) is 0 Å². The first-order chi connectivity index (χ1) is 9.83. The SMILES string of the molecule is Cc1nc(C(=O)NCC2(C)CCCCC2O)c(=O)[nH]c1C. The van der Waals surface area contributed by atoms with Gasteiger partial charge in [0.05, 0.1) is 11.8 Å². The molecule has 0 saturated heterocycles. The summed E-state index contributed by atoms with van der Waals surface area (Å²) in [6.07, 6.45) is 3.27. The number of carbonyl (C=O) groups excluding carboxylic acids is 1. The molecule has 116 valence electrons. The highest BCUT2D eigenvalue weighted by atomic mass is 16.3. The largest absolute Gasteiger partial charge is 0.392 e. The first-order valence-corrected chi connectivity index (χ1v) is 7.37. The van der Waals surface area contributed by atoms with E-state index in [9.17, 15) is 14.7 Å². The number of nitrogens with one attached hydrogen (secondary N) is 2. The molecule has 1 aliphatic carbocycles. The molecule has 2 atom stereocenters. The van der Waals surface area contributed by atoms with Crippen molar-refractivity contribution in [3.05, 3.63) is 27.4 Å². The Bertz CT molecular complexity index is 596. The van der Waals surface area contributed by atoms with Gasteiger partial charge in [-0.1, -0.05) is 19.8 Å². The number of H-pyrrole nitrogens is 1. The molecule has 1 amide bonds. The summed E-state index contributed by atoms with van der Waals surface area (Å²) in [5.41, 5.74) is 0.354. The van der Waals surface area contributed by atoms with Crippen LogP contribution in [0.1, 0.15) is 54.5 Å². The fourth-order valence-corrected chi connectivity index (χ4v) is 2.73. The quantitative estimate of drug-likeness (QED) is 0.776. The molecule has 2 rings (SSSR count). The predicted octanol–water partition coefficient (Wildman–Crippen LogP) is 1.06. The van der Waals surface area contributed by atoms with E-state index in [2.05, 4.69) is 15.3 Å². The molecular weight excluding hydrogens is 270 g/mol. The number of hydrogen-bond acceptors (Lipinski definition) is 4. The molecule has 2 unspecified atom stereocenters. The molecular formula is C15H23N3O3. The Morgan fingerprint density at radius 1 is 1.48 bits per heavy atom. The van der Waals surface area contributed by atoms with Crippen LogP contribution in [0.3, 0.4) is 0 Å². The maximum absolute atomic E-state index is 12.1. The third-order valence-corrected chi connectivity index (χ3v) is 4.49. The second-order valence-corrected chi connectivity index (χ2v) is 6.22. The molecule has 3 N–H and O–H groups in total. The normalized spacial score (nSPS) is 25.6. The summed E-state index contributed by atoms with van der Waals surface area (Å²) in [5.74, 6) is -0.488. The predicted molar refractivity (Wildman–Crippen MR) is 79.2 cm³/mol. The van der Waals surface area contributed by atoms with Gasteiger partial charge in [-0.3, -0.25) is 9.59 Å². The molecule has 21 heavy (non-hydrogen) atoms. The fourth-order valence-electron chi connectivity index (χ4n) is 2.73. The second-order valence-electron chi connectivity index (χ2n) is 6.22. The molecule has 6 nitrogen and oxygen atoms in total. The zero-order valence-corrected chi connectivity index (χ0v) is 12.8. The van der Waals surface area contributed by atoms with Gasteiger partial charge in [0.15, 0.2) is 5.69 Å². The van der Waals surface area contributed by atoms with Gasteiger partial charge in [-0.25, -0.2) is 4.98 Å². The van der Waals surface area contributed by atoms with Crippen LogP contribution in [0.5, 0.6) is 0 Å². The maximum atomic E-state index is 12.1. The van der Waals surface area contributed by atoms with Gasteiger partial charge in [0.25, 0.3) is 11.5 Å². The van der Waals surface area contributed by atoms with Gasteiger partial charge in [-0.05, 0) is 26.7 Å². The van der Waals surface area contributed by atoms with E-state index in [0.29, 0.717) is 17.9 Å². The summed E-state index contributed by atoms with van der Waals surface area (Å²) in [4.78, 5) is 30.6. The van der Waals surface area contributed by atoms with Gasteiger partial charge in [-0.15, -0.1) is 0 Å². The second kappa shape index (κ2) is 5.97. The van der Waals surface area contributed by atoms with Crippen LogP contribution in [0, 0.1) is 19.3 Å². The van der Waals surface area contributed by atoms with Crippen molar-refractivity contribution in [1.82, 2.24) is 15.3 Å². The monoisotopic (exact) mass is 293 g/mol. The van der Waals surface area contributed by atoms with Crippen molar-refractivity contribution >= 4 is 5.91 Å². The summed E-state index contributed by atoms with van der Waals surface area (Å²) in [6, 6.07) is 0. The van der Waals surface area contributed by atoms with Crippen molar-refractivity contribution in [2.45, 2.75) is 52.6 Å².